The van der Waals surface area contributed by atoms with Gasteiger partial charge in [0, 0.05) is 32.0 Å². The van der Waals surface area contributed by atoms with Crippen molar-refractivity contribution in [3.05, 3.63) is 83.1 Å². The molecule has 36 heavy (non-hydrogen) atoms. The summed E-state index contributed by atoms with van der Waals surface area (Å²) in [6, 6.07) is 7.57. The first-order chi connectivity index (χ1) is 17.4. The van der Waals surface area contributed by atoms with Crippen LogP contribution in [-0.2, 0) is 17.8 Å². The smallest absolute Gasteiger partial charge is 0.135 e. The summed E-state index contributed by atoms with van der Waals surface area (Å²) < 4.78 is 36.3. The van der Waals surface area contributed by atoms with Crippen molar-refractivity contribution < 1.29 is 18.6 Å². The van der Waals surface area contributed by atoms with E-state index in [0.29, 0.717) is 29.7 Å². The highest BCUT2D eigenvalue weighted by Crippen LogP contribution is 2.37. The summed E-state index contributed by atoms with van der Waals surface area (Å²) in [5.74, 6) is -0.479. The van der Waals surface area contributed by atoms with E-state index in [1.54, 1.807) is 29.0 Å². The number of ether oxygens (including phenoxy) is 1. The molecule has 188 valence electrons. The molecule has 1 fully saturated rings. The Labute approximate surface area is 208 Å². The zero-order valence-electron chi connectivity index (χ0n) is 20.2. The Morgan fingerprint density at radius 3 is 2.64 bits per heavy atom. The van der Waals surface area contributed by atoms with E-state index in [4.69, 9.17) is 10.5 Å². The number of aliphatic hydroxyl groups excluding tert-OH is 1. The third-order valence-electron chi connectivity index (χ3n) is 7.09. The van der Waals surface area contributed by atoms with Crippen LogP contribution >= 0.6 is 0 Å². The number of nitrogens with two attached hydrogens (primary N) is 1. The van der Waals surface area contributed by atoms with E-state index in [0.717, 1.165) is 17.5 Å². The van der Waals surface area contributed by atoms with Crippen molar-refractivity contribution in [3.8, 4) is 11.3 Å². The highest BCUT2D eigenvalue weighted by atomic mass is 19.1. The maximum atomic E-state index is 14.8. The molecule has 0 amide bonds. The van der Waals surface area contributed by atoms with E-state index in [-0.39, 0.29) is 35.7 Å². The number of halogens is 2. The standard InChI is InChI=1S/C27H29F2N5O2/c1-15-7-17(10-23(30)27(15)35)20-5-6-31-12-18(20)11-25-32-13-19-3-4-24(33-34(19)25)26-21(28)8-16(14-36-2)9-22(26)29/h3-6,8-9,12-13,15,17,23,27,35H,7,10-11,14,30H2,1-2H3/t15-,17+,23+,27+/m0/s1. The summed E-state index contributed by atoms with van der Waals surface area (Å²) >= 11 is 0. The number of pyridine rings is 1. The van der Waals surface area contributed by atoms with Crippen LogP contribution < -0.4 is 5.73 Å². The lowest BCUT2D eigenvalue weighted by Crippen LogP contribution is -2.44. The van der Waals surface area contributed by atoms with Crippen molar-refractivity contribution in [2.24, 2.45) is 11.7 Å². The monoisotopic (exact) mass is 493 g/mol. The molecule has 5 rings (SSSR count). The number of hydrogen-bond donors (Lipinski definition) is 2. The van der Waals surface area contributed by atoms with Gasteiger partial charge in [-0.1, -0.05) is 6.92 Å². The van der Waals surface area contributed by atoms with Crippen molar-refractivity contribution in [2.45, 2.75) is 50.9 Å². The highest BCUT2D eigenvalue weighted by molar-refractivity contribution is 5.63. The molecule has 4 atom stereocenters. The van der Waals surface area contributed by atoms with Crippen LogP contribution in [0.5, 0.6) is 0 Å². The molecule has 9 heteroatoms. The predicted octanol–water partition coefficient (Wildman–Crippen LogP) is 4.01. The van der Waals surface area contributed by atoms with Gasteiger partial charge in [-0.25, -0.2) is 18.3 Å². The van der Waals surface area contributed by atoms with Gasteiger partial charge in [0.1, 0.15) is 17.5 Å². The van der Waals surface area contributed by atoms with Crippen molar-refractivity contribution >= 4 is 5.52 Å². The van der Waals surface area contributed by atoms with Crippen LogP contribution in [0.25, 0.3) is 16.8 Å². The lowest BCUT2D eigenvalue weighted by Gasteiger charge is -2.36. The first-order valence-electron chi connectivity index (χ1n) is 12.0. The van der Waals surface area contributed by atoms with Crippen molar-refractivity contribution in [3.63, 3.8) is 0 Å². The Bertz CT molecular complexity index is 1360. The van der Waals surface area contributed by atoms with Gasteiger partial charge in [-0.05, 0) is 71.7 Å². The first kappa shape index (κ1) is 24.4. The SMILES string of the molecule is COCc1cc(F)c(-c2ccc3cnc(Cc4cnccc4[C@H]4C[C@@H](N)[C@H](O)[C@@H](C)C4)n3n2)c(F)c1. The summed E-state index contributed by atoms with van der Waals surface area (Å²) in [5, 5.41) is 14.8. The Hall–Kier alpha value is -3.27. The molecule has 1 aliphatic carbocycles. The minimum absolute atomic E-state index is 0.0938. The first-order valence-corrected chi connectivity index (χ1v) is 12.0. The molecule has 0 aliphatic heterocycles. The third-order valence-corrected chi connectivity index (χ3v) is 7.09. The van der Waals surface area contributed by atoms with Crippen LogP contribution in [0.3, 0.4) is 0 Å². The van der Waals surface area contributed by atoms with Crippen LogP contribution in [0.1, 0.15) is 48.2 Å². The number of aliphatic hydroxyl groups is 1. The predicted molar refractivity (Wildman–Crippen MR) is 131 cm³/mol. The van der Waals surface area contributed by atoms with Crippen LogP contribution in [0.15, 0.2) is 48.9 Å². The number of aromatic nitrogens is 4. The molecule has 0 unspecified atom stereocenters. The van der Waals surface area contributed by atoms with Gasteiger partial charge in [-0.2, -0.15) is 5.10 Å². The number of rotatable bonds is 6. The molecular weight excluding hydrogens is 464 g/mol. The largest absolute Gasteiger partial charge is 0.391 e. The second-order valence-corrected chi connectivity index (χ2v) is 9.65. The molecule has 3 aromatic heterocycles. The fourth-order valence-electron chi connectivity index (χ4n) is 5.29. The summed E-state index contributed by atoms with van der Waals surface area (Å²) in [6.07, 6.45) is 6.71. The molecule has 0 spiro atoms. The minimum Gasteiger partial charge on any atom is -0.391 e. The van der Waals surface area contributed by atoms with E-state index >= 15 is 0 Å². The fraction of sp³-hybridized carbons (Fsp3) is 0.370. The lowest BCUT2D eigenvalue weighted by molar-refractivity contribution is 0.0519. The average Bonchev–Trinajstić information content (AvgIpc) is 3.24. The number of imidazole rings is 1. The van der Waals surface area contributed by atoms with Crippen molar-refractivity contribution in [2.75, 3.05) is 7.11 Å². The van der Waals surface area contributed by atoms with Gasteiger partial charge >= 0.3 is 0 Å². The van der Waals surface area contributed by atoms with E-state index in [1.165, 1.54) is 19.2 Å². The van der Waals surface area contributed by atoms with Gasteiger partial charge in [0.2, 0.25) is 0 Å². The Kier molecular flexibility index (Phi) is 6.79. The summed E-state index contributed by atoms with van der Waals surface area (Å²) in [4.78, 5) is 8.86. The van der Waals surface area contributed by atoms with E-state index in [9.17, 15) is 13.9 Å². The Morgan fingerprint density at radius 2 is 1.92 bits per heavy atom. The maximum absolute atomic E-state index is 14.8. The van der Waals surface area contributed by atoms with Gasteiger partial charge in [-0.15, -0.1) is 0 Å². The number of benzene rings is 1. The number of fused-ring (bicyclic) bond motifs is 1. The molecule has 0 saturated heterocycles. The highest BCUT2D eigenvalue weighted by Gasteiger charge is 2.33. The third kappa shape index (κ3) is 4.61. The molecule has 4 aromatic rings. The molecule has 1 aromatic carbocycles. The van der Waals surface area contributed by atoms with Gasteiger partial charge < -0.3 is 15.6 Å². The zero-order valence-corrected chi connectivity index (χ0v) is 20.2. The minimum atomic E-state index is -0.699. The average molecular weight is 494 g/mol. The van der Waals surface area contributed by atoms with E-state index < -0.39 is 17.7 Å². The summed E-state index contributed by atoms with van der Waals surface area (Å²) in [5.41, 5.74) is 9.44. The second-order valence-electron chi connectivity index (χ2n) is 9.65. The van der Waals surface area contributed by atoms with Crippen molar-refractivity contribution in [1.82, 2.24) is 19.6 Å². The molecule has 0 radical (unpaired) electrons. The molecular formula is C27H29F2N5O2. The fourth-order valence-corrected chi connectivity index (χ4v) is 5.29. The number of methoxy groups -OCH3 is 1. The molecule has 1 aliphatic rings. The zero-order chi connectivity index (χ0) is 25.4. The van der Waals surface area contributed by atoms with Gasteiger partial charge in [0.15, 0.2) is 0 Å². The lowest BCUT2D eigenvalue weighted by atomic mass is 9.74. The van der Waals surface area contributed by atoms with Crippen LogP contribution in [0, 0.1) is 17.6 Å². The van der Waals surface area contributed by atoms with Crippen molar-refractivity contribution in [1.29, 1.82) is 0 Å². The Balaban J connectivity index is 1.49. The van der Waals surface area contributed by atoms with E-state index in [2.05, 4.69) is 15.1 Å². The maximum Gasteiger partial charge on any atom is 0.135 e. The van der Waals surface area contributed by atoms with Crippen LogP contribution in [0.2, 0.25) is 0 Å². The Morgan fingerprint density at radius 1 is 1.14 bits per heavy atom. The topological polar surface area (TPSA) is 98.6 Å². The quantitative estimate of drug-likeness (QED) is 0.421. The molecule has 7 nitrogen and oxygen atoms in total. The normalized spacial score (nSPS) is 22.3. The summed E-state index contributed by atoms with van der Waals surface area (Å²) in [6.45, 7) is 2.13. The number of nitrogens with zero attached hydrogens (tertiary/aromatic N) is 4. The molecule has 0 bridgehead atoms. The summed E-state index contributed by atoms with van der Waals surface area (Å²) in [7, 11) is 1.47. The van der Waals surface area contributed by atoms with Crippen LogP contribution in [0.4, 0.5) is 8.78 Å². The van der Waals surface area contributed by atoms with Gasteiger partial charge in [0.25, 0.3) is 0 Å². The molecule has 3 N–H and O–H groups in total. The van der Waals surface area contributed by atoms with Crippen LogP contribution in [-0.4, -0.2) is 43.9 Å². The number of hydrogen-bond acceptors (Lipinski definition) is 6. The van der Waals surface area contributed by atoms with Gasteiger partial charge in [0.05, 0.1) is 35.7 Å². The molecule has 3 heterocycles. The molecule has 1 saturated carbocycles. The second kappa shape index (κ2) is 10.0. The van der Waals surface area contributed by atoms with E-state index in [1.807, 2.05) is 19.2 Å². The van der Waals surface area contributed by atoms with Gasteiger partial charge in [-0.3, -0.25) is 4.98 Å².